The van der Waals surface area contributed by atoms with Gasteiger partial charge < -0.3 is 15.7 Å². The molecule has 2 aromatic carbocycles. The zero-order chi connectivity index (χ0) is 22.3. The van der Waals surface area contributed by atoms with E-state index in [1.54, 1.807) is 32.0 Å². The maximum atomic E-state index is 13.9. The van der Waals surface area contributed by atoms with Crippen molar-refractivity contribution in [1.82, 2.24) is 0 Å². The van der Waals surface area contributed by atoms with Gasteiger partial charge in [-0.25, -0.2) is 0 Å². The van der Waals surface area contributed by atoms with Crippen molar-refractivity contribution >= 4 is 32.5 Å². The summed E-state index contributed by atoms with van der Waals surface area (Å²) >= 11 is 0. The van der Waals surface area contributed by atoms with Crippen molar-refractivity contribution < 1.29 is 18.7 Å². The lowest BCUT2D eigenvalue weighted by Gasteiger charge is -2.43. The van der Waals surface area contributed by atoms with Crippen LogP contribution in [0, 0.1) is 13.8 Å². The standard InChI is InChI=1S/C22H31N3O4S/c1-14-6-8-17(10-15(14)2)25-30(5,28,29)20-11-16-7-9-21(26)24-18(16)12-19(20)23-13-22(3,4)27/h6,8,10-12,23,27H,7,9,13H2,1-5H3,(H,24,26)(H2,25,28,29). The minimum Gasteiger partial charge on any atom is -0.389 e. The number of anilines is 3. The number of rotatable bonds is 6. The number of benzene rings is 2. The molecule has 0 spiro atoms. The van der Waals surface area contributed by atoms with E-state index in [0.29, 0.717) is 29.9 Å². The van der Waals surface area contributed by atoms with Gasteiger partial charge in [0.2, 0.25) is 5.91 Å². The normalized spacial score (nSPS) is 15.6. The molecule has 0 saturated heterocycles. The van der Waals surface area contributed by atoms with Crippen molar-refractivity contribution in [2.45, 2.75) is 51.0 Å². The first-order valence-corrected chi connectivity index (χ1v) is 12.2. The van der Waals surface area contributed by atoms with Crippen LogP contribution in [0.1, 0.15) is 37.0 Å². The van der Waals surface area contributed by atoms with Gasteiger partial charge in [0, 0.05) is 24.9 Å². The fraction of sp³-hybridized carbons (Fsp3) is 0.409. The van der Waals surface area contributed by atoms with Crippen molar-refractivity contribution in [3.8, 4) is 0 Å². The van der Waals surface area contributed by atoms with E-state index >= 15 is 0 Å². The first kappa shape index (κ1) is 22.3. The Balaban J connectivity index is 2.09. The van der Waals surface area contributed by atoms with Gasteiger partial charge >= 0.3 is 0 Å². The molecule has 0 bridgehead atoms. The van der Waals surface area contributed by atoms with E-state index in [9.17, 15) is 18.7 Å². The predicted octanol–water partition coefficient (Wildman–Crippen LogP) is 3.68. The summed E-state index contributed by atoms with van der Waals surface area (Å²) in [6, 6.07) is 8.85. The van der Waals surface area contributed by atoms with Crippen LogP contribution in [-0.2, 0) is 20.7 Å². The fourth-order valence-electron chi connectivity index (χ4n) is 3.39. The Morgan fingerprint density at radius 3 is 2.47 bits per heavy atom. The summed E-state index contributed by atoms with van der Waals surface area (Å²) in [5.74, 6) is -0.0879. The number of carbonyl (C=O) groups excluding carboxylic acids is 1. The minimum atomic E-state index is -4.53. The molecule has 0 saturated carbocycles. The van der Waals surface area contributed by atoms with Crippen molar-refractivity contribution in [1.29, 1.82) is 0 Å². The van der Waals surface area contributed by atoms with Gasteiger partial charge in [-0.05, 0) is 75.1 Å². The highest BCUT2D eigenvalue weighted by atomic mass is 32.3. The number of fused-ring (bicyclic) bond motifs is 1. The Morgan fingerprint density at radius 2 is 1.83 bits per heavy atom. The van der Waals surface area contributed by atoms with E-state index in [4.69, 9.17) is 0 Å². The first-order chi connectivity index (χ1) is 13.7. The summed E-state index contributed by atoms with van der Waals surface area (Å²) in [5.41, 5.74) is 3.42. The smallest absolute Gasteiger partial charge is 0.224 e. The molecule has 2 aromatic rings. The molecule has 0 aromatic heterocycles. The average molecular weight is 434 g/mol. The average Bonchev–Trinajstić information content (AvgIpc) is 2.61. The monoisotopic (exact) mass is 433 g/mol. The number of aliphatic hydroxyl groups is 1. The third kappa shape index (κ3) is 5.00. The van der Waals surface area contributed by atoms with Crippen molar-refractivity contribution in [2.75, 3.05) is 28.2 Å². The summed E-state index contributed by atoms with van der Waals surface area (Å²) in [7, 11) is -4.53. The Kier molecular flexibility index (Phi) is 5.47. The molecule has 1 amide bonds. The van der Waals surface area contributed by atoms with Gasteiger partial charge in [-0.1, -0.05) is 6.07 Å². The van der Waals surface area contributed by atoms with Crippen LogP contribution in [-0.4, -0.2) is 38.2 Å². The van der Waals surface area contributed by atoms with Crippen molar-refractivity contribution in [3.63, 3.8) is 0 Å². The summed E-state index contributed by atoms with van der Waals surface area (Å²) in [4.78, 5) is 12.0. The maximum Gasteiger partial charge on any atom is 0.224 e. The van der Waals surface area contributed by atoms with Crippen LogP contribution in [0.5, 0.6) is 0 Å². The second-order valence-corrected chi connectivity index (χ2v) is 12.1. The van der Waals surface area contributed by atoms with Crippen molar-refractivity contribution in [2.24, 2.45) is 0 Å². The number of amides is 1. The highest BCUT2D eigenvalue weighted by molar-refractivity contribution is 8.15. The van der Waals surface area contributed by atoms with Gasteiger partial charge in [0.15, 0.2) is 0 Å². The van der Waals surface area contributed by atoms with Crippen molar-refractivity contribution in [3.05, 3.63) is 47.0 Å². The van der Waals surface area contributed by atoms with Gasteiger partial charge in [0.05, 0.1) is 21.9 Å². The molecule has 0 unspecified atom stereocenters. The molecule has 5 N–H and O–H groups in total. The van der Waals surface area contributed by atoms with Gasteiger partial charge in [-0.3, -0.25) is 14.1 Å². The van der Waals surface area contributed by atoms with Crippen LogP contribution in [0.3, 0.4) is 0 Å². The van der Waals surface area contributed by atoms with Gasteiger partial charge in [0.1, 0.15) is 0 Å². The van der Waals surface area contributed by atoms with Gasteiger partial charge in [0.25, 0.3) is 0 Å². The lowest BCUT2D eigenvalue weighted by atomic mass is 10.0. The predicted molar refractivity (Wildman–Crippen MR) is 123 cm³/mol. The zero-order valence-electron chi connectivity index (χ0n) is 18.1. The molecule has 1 aliphatic rings. The molecule has 7 nitrogen and oxygen atoms in total. The van der Waals surface area contributed by atoms with E-state index in [-0.39, 0.29) is 17.3 Å². The molecular weight excluding hydrogens is 402 g/mol. The fourth-order valence-corrected chi connectivity index (χ4v) is 5.25. The summed E-state index contributed by atoms with van der Waals surface area (Å²) in [6.45, 7) is 7.39. The van der Waals surface area contributed by atoms with Crippen LogP contribution in [0.15, 0.2) is 35.2 Å². The molecule has 8 heteroatoms. The third-order valence-electron chi connectivity index (χ3n) is 5.20. The SMILES string of the molecule is Cc1ccc(NS(C)(=O)(O)c2cc3c(cc2NCC(C)(C)O)NC(=O)CC3)cc1C. The second-order valence-electron chi connectivity index (χ2n) is 8.90. The van der Waals surface area contributed by atoms with Gasteiger partial charge in [-0.2, -0.15) is 4.21 Å². The van der Waals surface area contributed by atoms with Crippen LogP contribution in [0.25, 0.3) is 0 Å². The number of carbonyl (C=O) groups is 1. The van der Waals surface area contributed by atoms with E-state index in [1.807, 2.05) is 26.0 Å². The Bertz CT molecular complexity index is 1070. The minimum absolute atomic E-state index is 0.0879. The molecule has 0 radical (unpaired) electrons. The Labute approximate surface area is 177 Å². The second kappa shape index (κ2) is 7.37. The summed E-state index contributed by atoms with van der Waals surface area (Å²) in [6.07, 6.45) is 2.10. The Hall–Kier alpha value is -2.42. The lowest BCUT2D eigenvalue weighted by Crippen LogP contribution is -2.41. The lowest BCUT2D eigenvalue weighted by molar-refractivity contribution is -0.116. The van der Waals surface area contributed by atoms with E-state index in [2.05, 4.69) is 15.4 Å². The molecule has 0 aliphatic carbocycles. The molecule has 1 heterocycles. The zero-order valence-corrected chi connectivity index (χ0v) is 18.9. The quantitative estimate of drug-likeness (QED) is 0.477. The summed E-state index contributed by atoms with van der Waals surface area (Å²) in [5, 5.41) is 16.0. The largest absolute Gasteiger partial charge is 0.389 e. The van der Waals surface area contributed by atoms with Crippen LogP contribution >= 0.6 is 0 Å². The molecule has 0 atom stereocenters. The van der Waals surface area contributed by atoms with Crippen LogP contribution in [0.4, 0.5) is 17.1 Å². The number of nitrogens with one attached hydrogen (secondary N) is 3. The molecule has 30 heavy (non-hydrogen) atoms. The van der Waals surface area contributed by atoms with Gasteiger partial charge in [-0.15, -0.1) is 9.53 Å². The maximum absolute atomic E-state index is 13.9. The molecule has 0 fully saturated rings. The van der Waals surface area contributed by atoms with Crippen LogP contribution < -0.4 is 15.4 Å². The van der Waals surface area contributed by atoms with Crippen LogP contribution in [0.2, 0.25) is 0 Å². The number of hydrogen-bond acceptors (Lipinski definition) is 4. The van der Waals surface area contributed by atoms with E-state index < -0.39 is 15.1 Å². The van der Waals surface area contributed by atoms with E-state index in [0.717, 1.165) is 16.7 Å². The molecule has 164 valence electrons. The topological polar surface area (TPSA) is 111 Å². The van der Waals surface area contributed by atoms with E-state index in [1.165, 1.54) is 6.26 Å². The molecular formula is C22H31N3O4S. The molecule has 3 rings (SSSR count). The Morgan fingerprint density at radius 1 is 1.13 bits per heavy atom. The highest BCUT2D eigenvalue weighted by Gasteiger charge is 2.30. The third-order valence-corrected chi connectivity index (χ3v) is 7.29. The number of aryl methyl sites for hydroxylation is 3. The summed E-state index contributed by atoms with van der Waals surface area (Å²) < 4.78 is 28.1. The molecule has 1 aliphatic heterocycles. The number of hydrogen-bond donors (Lipinski definition) is 5. The first-order valence-electron chi connectivity index (χ1n) is 9.90. The highest BCUT2D eigenvalue weighted by Crippen LogP contribution is 2.40.